The lowest BCUT2D eigenvalue weighted by atomic mass is 9.83. The van der Waals surface area contributed by atoms with Gasteiger partial charge < -0.3 is 5.11 Å². The minimum absolute atomic E-state index is 0.140. The summed E-state index contributed by atoms with van der Waals surface area (Å²) in [5.41, 5.74) is 0.709. The van der Waals surface area contributed by atoms with E-state index in [4.69, 9.17) is 5.11 Å². The third-order valence-corrected chi connectivity index (χ3v) is 2.28. The van der Waals surface area contributed by atoms with E-state index in [2.05, 4.69) is 0 Å². The zero-order valence-electron chi connectivity index (χ0n) is 7.31. The number of ketones is 1. The molecule has 3 nitrogen and oxygen atoms in total. The van der Waals surface area contributed by atoms with Gasteiger partial charge in [0.15, 0.2) is 5.78 Å². The van der Waals surface area contributed by atoms with E-state index in [1.165, 1.54) is 6.08 Å². The zero-order chi connectivity index (χ0) is 10.1. The number of hydrogen-bond acceptors (Lipinski definition) is 2. The molecule has 0 fully saturated rings. The molecule has 0 aromatic heterocycles. The Labute approximate surface area is 80.7 Å². The van der Waals surface area contributed by atoms with Crippen molar-refractivity contribution < 1.29 is 14.7 Å². The Kier molecular flexibility index (Phi) is 1.93. The van der Waals surface area contributed by atoms with Crippen molar-refractivity contribution in [3.63, 3.8) is 0 Å². The number of carbonyl (C=O) groups excluding carboxylic acids is 1. The maximum atomic E-state index is 11.6. The summed E-state index contributed by atoms with van der Waals surface area (Å²) in [5.74, 6) is -1.90. The highest BCUT2D eigenvalue weighted by Crippen LogP contribution is 2.26. The zero-order valence-corrected chi connectivity index (χ0v) is 7.31. The van der Waals surface area contributed by atoms with Crippen LogP contribution >= 0.6 is 0 Å². The summed E-state index contributed by atoms with van der Waals surface area (Å²) in [6.45, 7) is 0. The van der Waals surface area contributed by atoms with E-state index in [9.17, 15) is 9.59 Å². The average molecular weight is 188 g/mol. The molecule has 1 N–H and O–H groups in total. The van der Waals surface area contributed by atoms with E-state index >= 15 is 0 Å². The molecule has 0 bridgehead atoms. The Morgan fingerprint density at radius 2 is 2.07 bits per heavy atom. The molecule has 0 saturated heterocycles. The van der Waals surface area contributed by atoms with E-state index in [1.54, 1.807) is 18.2 Å². The number of allylic oxidation sites excluding steroid dienone is 7. The van der Waals surface area contributed by atoms with Crippen LogP contribution in [0.4, 0.5) is 0 Å². The van der Waals surface area contributed by atoms with Crippen LogP contribution in [0.1, 0.15) is 0 Å². The molecular formula is C11H8O3. The Morgan fingerprint density at radius 1 is 1.29 bits per heavy atom. The quantitative estimate of drug-likeness (QED) is 0.630. The molecule has 70 valence electrons. The van der Waals surface area contributed by atoms with Crippen molar-refractivity contribution in [2.24, 2.45) is 5.92 Å². The Bertz CT molecular complexity index is 422. The van der Waals surface area contributed by atoms with Gasteiger partial charge in [-0.05, 0) is 11.6 Å². The molecule has 0 aromatic carbocycles. The van der Waals surface area contributed by atoms with E-state index in [-0.39, 0.29) is 11.4 Å². The van der Waals surface area contributed by atoms with Crippen molar-refractivity contribution in [3.05, 3.63) is 47.6 Å². The Balaban J connectivity index is 2.44. The van der Waals surface area contributed by atoms with Gasteiger partial charge in [0.1, 0.15) is 5.57 Å². The fraction of sp³-hybridized carbons (Fsp3) is 0.0909. The van der Waals surface area contributed by atoms with Gasteiger partial charge in [-0.2, -0.15) is 0 Å². The summed E-state index contributed by atoms with van der Waals surface area (Å²) in [5, 5.41) is 8.74. The van der Waals surface area contributed by atoms with E-state index < -0.39 is 11.9 Å². The molecule has 0 aromatic rings. The van der Waals surface area contributed by atoms with Crippen LogP contribution in [-0.4, -0.2) is 16.9 Å². The van der Waals surface area contributed by atoms with Gasteiger partial charge in [-0.15, -0.1) is 0 Å². The number of carboxylic acid groups (broad SMARTS) is 1. The molecule has 0 aliphatic heterocycles. The van der Waals surface area contributed by atoms with Gasteiger partial charge in [-0.25, -0.2) is 4.79 Å². The molecule has 2 aliphatic rings. The third-order valence-electron chi connectivity index (χ3n) is 2.28. The SMILES string of the molecule is O=C(O)C1=CC=C2C=CC=CC2C1=O. The van der Waals surface area contributed by atoms with Gasteiger partial charge in [0.2, 0.25) is 0 Å². The average Bonchev–Trinajstić information content (AvgIpc) is 2.18. The van der Waals surface area contributed by atoms with Crippen LogP contribution in [0.2, 0.25) is 0 Å². The van der Waals surface area contributed by atoms with Crippen molar-refractivity contribution in [3.8, 4) is 0 Å². The minimum Gasteiger partial charge on any atom is -0.478 e. The largest absolute Gasteiger partial charge is 0.478 e. The van der Waals surface area contributed by atoms with Gasteiger partial charge in [0.25, 0.3) is 0 Å². The monoisotopic (exact) mass is 188 g/mol. The molecule has 0 heterocycles. The summed E-state index contributed by atoms with van der Waals surface area (Å²) in [6, 6.07) is 0. The van der Waals surface area contributed by atoms with Crippen molar-refractivity contribution in [2.45, 2.75) is 0 Å². The second-order valence-electron chi connectivity index (χ2n) is 3.14. The molecule has 0 amide bonds. The minimum atomic E-state index is -1.16. The lowest BCUT2D eigenvalue weighted by Crippen LogP contribution is -2.24. The first-order valence-corrected chi connectivity index (χ1v) is 4.24. The van der Waals surface area contributed by atoms with Crippen LogP contribution in [0.25, 0.3) is 0 Å². The summed E-state index contributed by atoms with van der Waals surface area (Å²) in [6.07, 6.45) is 10.2. The van der Waals surface area contributed by atoms with Crippen molar-refractivity contribution in [1.82, 2.24) is 0 Å². The van der Waals surface area contributed by atoms with Crippen molar-refractivity contribution in [2.75, 3.05) is 0 Å². The number of carboxylic acids is 1. The number of rotatable bonds is 1. The molecule has 1 unspecified atom stereocenters. The molecule has 0 saturated carbocycles. The van der Waals surface area contributed by atoms with Crippen molar-refractivity contribution >= 4 is 11.8 Å². The predicted octanol–water partition coefficient (Wildman–Crippen LogP) is 1.25. The van der Waals surface area contributed by atoms with Gasteiger partial charge >= 0.3 is 5.97 Å². The molecule has 14 heavy (non-hydrogen) atoms. The number of Topliss-reactive ketones (excluding diaryl/α,β-unsaturated/α-hetero) is 1. The Morgan fingerprint density at radius 3 is 2.79 bits per heavy atom. The van der Waals surface area contributed by atoms with Crippen LogP contribution in [0, 0.1) is 5.92 Å². The van der Waals surface area contributed by atoms with Gasteiger partial charge in [-0.3, -0.25) is 4.79 Å². The lowest BCUT2D eigenvalue weighted by molar-refractivity contribution is -0.134. The van der Waals surface area contributed by atoms with Gasteiger partial charge in [0, 0.05) is 0 Å². The summed E-state index contributed by atoms with van der Waals surface area (Å²) in [7, 11) is 0. The summed E-state index contributed by atoms with van der Waals surface area (Å²) in [4.78, 5) is 22.3. The first-order valence-electron chi connectivity index (χ1n) is 4.24. The second kappa shape index (κ2) is 3.10. The van der Waals surface area contributed by atoms with E-state index in [0.29, 0.717) is 0 Å². The topological polar surface area (TPSA) is 54.4 Å². The van der Waals surface area contributed by atoms with Crippen LogP contribution < -0.4 is 0 Å². The molecule has 2 rings (SSSR count). The standard InChI is InChI=1S/C11H8O3/c12-10-8-4-2-1-3-7(8)5-6-9(10)11(13)14/h1-6,8H,(H,13,14). The number of fused-ring (bicyclic) bond motifs is 1. The maximum absolute atomic E-state index is 11.6. The highest BCUT2D eigenvalue weighted by molar-refractivity contribution is 6.20. The second-order valence-corrected chi connectivity index (χ2v) is 3.14. The number of aliphatic carboxylic acids is 1. The molecule has 2 aliphatic carbocycles. The summed E-state index contributed by atoms with van der Waals surface area (Å²) >= 11 is 0. The molecule has 0 radical (unpaired) electrons. The fourth-order valence-corrected chi connectivity index (χ4v) is 1.56. The number of hydrogen-bond donors (Lipinski definition) is 1. The highest BCUT2D eigenvalue weighted by atomic mass is 16.4. The van der Waals surface area contributed by atoms with E-state index in [0.717, 1.165) is 5.57 Å². The van der Waals surface area contributed by atoms with Crippen LogP contribution in [0.3, 0.4) is 0 Å². The van der Waals surface area contributed by atoms with Crippen LogP contribution in [-0.2, 0) is 9.59 Å². The van der Waals surface area contributed by atoms with Gasteiger partial charge in [-0.1, -0.05) is 30.4 Å². The Hall–Kier alpha value is -1.90. The molecular weight excluding hydrogens is 180 g/mol. The number of carbonyl (C=O) groups is 2. The van der Waals surface area contributed by atoms with Crippen molar-refractivity contribution in [1.29, 1.82) is 0 Å². The maximum Gasteiger partial charge on any atom is 0.339 e. The molecule has 1 atom stereocenters. The lowest BCUT2D eigenvalue weighted by Gasteiger charge is -2.18. The normalized spacial score (nSPS) is 24.0. The van der Waals surface area contributed by atoms with E-state index in [1.807, 2.05) is 12.2 Å². The van der Waals surface area contributed by atoms with Gasteiger partial charge in [0.05, 0.1) is 5.92 Å². The smallest absolute Gasteiger partial charge is 0.339 e. The van der Waals surface area contributed by atoms with Crippen LogP contribution in [0.5, 0.6) is 0 Å². The molecule has 0 spiro atoms. The molecule has 3 heteroatoms. The third kappa shape index (κ3) is 1.23. The highest BCUT2D eigenvalue weighted by Gasteiger charge is 2.29. The fourth-order valence-electron chi connectivity index (χ4n) is 1.56. The predicted molar refractivity (Wildman–Crippen MR) is 50.6 cm³/mol. The first kappa shape index (κ1) is 8.69. The summed E-state index contributed by atoms with van der Waals surface area (Å²) < 4.78 is 0. The van der Waals surface area contributed by atoms with Crippen LogP contribution in [0.15, 0.2) is 47.6 Å². The first-order chi connectivity index (χ1) is 6.70.